The van der Waals surface area contributed by atoms with E-state index in [0.717, 1.165) is 28.2 Å². The maximum absolute atomic E-state index is 13.2. The Labute approximate surface area is 332 Å². The monoisotopic (exact) mass is 794 g/mol. The van der Waals surface area contributed by atoms with Gasteiger partial charge in [0.25, 0.3) is 0 Å². The number of rotatable bonds is 19. The third-order valence-electron chi connectivity index (χ3n) is 8.48. The summed E-state index contributed by atoms with van der Waals surface area (Å²) in [7, 11) is 0. The fourth-order valence-electron chi connectivity index (χ4n) is 5.69. The van der Waals surface area contributed by atoms with Crippen molar-refractivity contribution in [3.8, 4) is 39.6 Å². The van der Waals surface area contributed by atoms with Crippen molar-refractivity contribution in [1.29, 1.82) is 10.5 Å². The number of aromatic nitrogens is 2. The minimum atomic E-state index is -1.11. The van der Waals surface area contributed by atoms with Crippen LogP contribution in [0.5, 0.6) is 5.75 Å². The van der Waals surface area contributed by atoms with Crippen molar-refractivity contribution in [2.75, 3.05) is 25.4 Å². The number of nitrogens with two attached hydrogens (primary N) is 2. The number of carbonyl (C=O) groups excluding carboxylic acids is 1. The van der Waals surface area contributed by atoms with Crippen LogP contribution in [-0.2, 0) is 21.8 Å². The van der Waals surface area contributed by atoms with Gasteiger partial charge in [0.1, 0.15) is 52.0 Å². The van der Waals surface area contributed by atoms with Crippen LogP contribution in [-0.4, -0.2) is 58.7 Å². The van der Waals surface area contributed by atoms with Gasteiger partial charge in [0.05, 0.1) is 17.3 Å². The first kappa shape index (κ1) is 40.7. The van der Waals surface area contributed by atoms with E-state index in [9.17, 15) is 25.2 Å². The van der Waals surface area contributed by atoms with Crippen LogP contribution in [0.3, 0.4) is 0 Å². The molecule has 0 saturated heterocycles. The largest absolute Gasteiger partial charge is 0.492 e. The molecule has 2 aromatic heterocycles. The molecule has 15 heteroatoms. The summed E-state index contributed by atoms with van der Waals surface area (Å²) < 4.78 is 5.95. The predicted octanol–water partition coefficient (Wildman–Crippen LogP) is 6.42. The molecule has 3 aromatic carbocycles. The molecule has 7 N–H and O–H groups in total. The van der Waals surface area contributed by atoms with Crippen molar-refractivity contribution in [2.45, 2.75) is 48.5 Å². The molecule has 282 valence electrons. The minimum absolute atomic E-state index is 0.0188. The van der Waals surface area contributed by atoms with E-state index in [-0.39, 0.29) is 30.0 Å². The lowest BCUT2D eigenvalue weighted by Crippen LogP contribution is -2.51. The lowest BCUT2D eigenvalue weighted by atomic mass is 9.97. The first-order valence-corrected chi connectivity index (χ1v) is 19.7. The smallest absolute Gasteiger partial charge is 0.326 e. The first-order chi connectivity index (χ1) is 26.7. The van der Waals surface area contributed by atoms with E-state index < -0.39 is 24.0 Å². The second kappa shape index (κ2) is 20.3. The molecule has 0 bridgehead atoms. The summed E-state index contributed by atoms with van der Waals surface area (Å²) in [5.74, 6) is -0.546. The summed E-state index contributed by atoms with van der Waals surface area (Å²) in [6.45, 7) is 0.993. The van der Waals surface area contributed by atoms with Crippen molar-refractivity contribution in [3.63, 3.8) is 0 Å². The Kier molecular flexibility index (Phi) is 15.0. The van der Waals surface area contributed by atoms with E-state index in [1.165, 1.54) is 23.1 Å². The van der Waals surface area contributed by atoms with Gasteiger partial charge in [-0.25, -0.2) is 14.8 Å². The number of nitrogens with one attached hydrogen (secondary N) is 2. The summed E-state index contributed by atoms with van der Waals surface area (Å²) >= 11 is 8.84. The molecule has 5 rings (SSSR count). The van der Waals surface area contributed by atoms with Gasteiger partial charge in [-0.3, -0.25) is 4.79 Å². The Bertz CT molecular complexity index is 2150. The van der Waals surface area contributed by atoms with E-state index in [1.807, 2.05) is 60.0 Å². The first-order valence-electron chi connectivity index (χ1n) is 17.4. The van der Waals surface area contributed by atoms with Gasteiger partial charge in [0.2, 0.25) is 5.91 Å². The lowest BCUT2D eigenvalue weighted by Gasteiger charge is -2.22. The molecule has 0 saturated carbocycles. The van der Waals surface area contributed by atoms with Gasteiger partial charge >= 0.3 is 5.97 Å². The van der Waals surface area contributed by atoms with Crippen LogP contribution in [0.1, 0.15) is 41.6 Å². The van der Waals surface area contributed by atoms with E-state index in [4.69, 9.17) is 32.8 Å². The number of hydrogen-bond donors (Lipinski definition) is 5. The van der Waals surface area contributed by atoms with Crippen LogP contribution in [0.15, 0.2) is 89.3 Å². The number of anilines is 1. The Morgan fingerprint density at radius 3 is 2.33 bits per heavy atom. The Balaban J connectivity index is 1.22. The molecular formula is C40H39ClN8O4S2. The van der Waals surface area contributed by atoms with Crippen LogP contribution >= 0.6 is 34.7 Å². The molecule has 0 radical (unpaired) electrons. The van der Waals surface area contributed by atoms with Gasteiger partial charge in [-0.15, -0.1) is 11.3 Å². The number of halogens is 1. The number of benzene rings is 3. The minimum Gasteiger partial charge on any atom is -0.492 e. The highest BCUT2D eigenvalue weighted by atomic mass is 35.5. The van der Waals surface area contributed by atoms with Crippen molar-refractivity contribution in [1.82, 2.24) is 20.6 Å². The summed E-state index contributed by atoms with van der Waals surface area (Å²) in [5.41, 5.74) is 15.8. The van der Waals surface area contributed by atoms with Gasteiger partial charge < -0.3 is 31.9 Å². The number of nitrogens with zero attached hydrogens (tertiary/aromatic N) is 4. The molecule has 0 aliphatic rings. The molecule has 12 nitrogen and oxygen atoms in total. The fourth-order valence-corrected chi connectivity index (χ4v) is 7.64. The molecular weight excluding hydrogens is 756 g/mol. The van der Waals surface area contributed by atoms with Gasteiger partial charge in [-0.2, -0.15) is 10.5 Å². The third kappa shape index (κ3) is 11.3. The fraction of sp³-hybridized carbons (Fsp3) is 0.250. The van der Waals surface area contributed by atoms with Crippen molar-refractivity contribution in [2.24, 2.45) is 5.73 Å². The number of carboxylic acids is 1. The zero-order valence-electron chi connectivity index (χ0n) is 29.7. The molecule has 2 heterocycles. The summed E-state index contributed by atoms with van der Waals surface area (Å²) in [6.07, 6.45) is 2.05. The number of nitriles is 2. The van der Waals surface area contributed by atoms with Crippen molar-refractivity contribution in [3.05, 3.63) is 112 Å². The highest BCUT2D eigenvalue weighted by Crippen LogP contribution is 2.37. The number of nitrogen functional groups attached to an aromatic ring is 1. The topological polar surface area (TPSA) is 213 Å². The van der Waals surface area contributed by atoms with Crippen LogP contribution in [0.25, 0.3) is 21.7 Å². The van der Waals surface area contributed by atoms with E-state index in [2.05, 4.69) is 27.8 Å². The zero-order chi connectivity index (χ0) is 39.2. The quantitative estimate of drug-likeness (QED) is 0.0453. The van der Waals surface area contributed by atoms with E-state index in [0.29, 0.717) is 58.6 Å². The number of thiazole rings is 1. The summed E-state index contributed by atoms with van der Waals surface area (Å²) in [6, 6.07) is 26.1. The maximum atomic E-state index is 13.2. The molecule has 55 heavy (non-hydrogen) atoms. The standard InChI is InChI=1S/C40H39ClN8O4S2/c41-28-13-9-27(10-14-28)38-47-29(23-54-38)24-55-39-32(22-44)35(31(21-43)36(45)49-39)26-11-15-30(16-12-26)53-19-18-46-33(8-4-5-17-42)37(50)48-34(40(51)52)20-25-6-2-1-3-7-25/h1-3,6-7,9-16,23,33-34,46H,4-5,8,17-20,24,42H2,(H2,45,49)(H,48,50)(H,51,52)/t33-,34-/m0/s1. The molecule has 0 unspecified atom stereocenters. The van der Waals surface area contributed by atoms with E-state index >= 15 is 0 Å². The van der Waals surface area contributed by atoms with Gasteiger partial charge in [0.15, 0.2) is 0 Å². The average molecular weight is 795 g/mol. The number of thioether (sulfide) groups is 1. The molecule has 0 fully saturated rings. The Morgan fingerprint density at radius 2 is 1.65 bits per heavy atom. The molecule has 2 atom stereocenters. The third-order valence-corrected chi connectivity index (χ3v) is 10.7. The predicted molar refractivity (Wildman–Crippen MR) is 216 cm³/mol. The number of hydrogen-bond acceptors (Lipinski definition) is 12. The lowest BCUT2D eigenvalue weighted by molar-refractivity contribution is -0.142. The van der Waals surface area contributed by atoms with Crippen LogP contribution in [0.4, 0.5) is 5.82 Å². The van der Waals surface area contributed by atoms with Gasteiger partial charge in [-0.05, 0) is 54.8 Å². The number of carboxylic acid groups (broad SMARTS) is 1. The second-order valence-electron chi connectivity index (χ2n) is 12.3. The molecule has 0 aliphatic carbocycles. The highest BCUT2D eigenvalue weighted by molar-refractivity contribution is 7.98. The summed E-state index contributed by atoms with van der Waals surface area (Å²) in [5, 5.41) is 39.8. The Morgan fingerprint density at radius 1 is 0.945 bits per heavy atom. The van der Waals surface area contributed by atoms with Gasteiger partial charge in [-0.1, -0.05) is 84.4 Å². The second-order valence-corrected chi connectivity index (χ2v) is 14.6. The SMILES string of the molecule is N#Cc1c(N)nc(SCc2csc(-c3ccc(Cl)cc3)n2)c(C#N)c1-c1ccc(OCCN[C@@H](CCCCN)C(=O)N[C@@H](Cc2ccccc2)C(=O)O)cc1. The van der Waals surface area contributed by atoms with Crippen molar-refractivity contribution >= 4 is 52.4 Å². The zero-order valence-corrected chi connectivity index (χ0v) is 32.1. The highest BCUT2D eigenvalue weighted by Gasteiger charge is 2.25. The van der Waals surface area contributed by atoms with Crippen molar-refractivity contribution < 1.29 is 19.4 Å². The number of amides is 1. The van der Waals surface area contributed by atoms with Crippen LogP contribution in [0, 0.1) is 22.7 Å². The molecule has 5 aromatic rings. The normalized spacial score (nSPS) is 11.9. The maximum Gasteiger partial charge on any atom is 0.326 e. The molecule has 1 amide bonds. The van der Waals surface area contributed by atoms with Gasteiger partial charge in [0, 0.05) is 40.2 Å². The molecule has 0 aliphatic heterocycles. The molecule has 0 spiro atoms. The summed E-state index contributed by atoms with van der Waals surface area (Å²) in [4.78, 5) is 34.3. The average Bonchev–Trinajstić information content (AvgIpc) is 3.67. The number of pyridine rings is 1. The number of ether oxygens (including phenoxy) is 1. The number of aliphatic carboxylic acids is 1. The van der Waals surface area contributed by atoms with Crippen LogP contribution in [0.2, 0.25) is 5.02 Å². The number of unbranched alkanes of at least 4 members (excludes halogenated alkanes) is 1. The van der Waals surface area contributed by atoms with Crippen LogP contribution < -0.4 is 26.8 Å². The van der Waals surface area contributed by atoms with E-state index in [1.54, 1.807) is 24.3 Å². The Hall–Kier alpha value is -5.48. The number of carbonyl (C=O) groups is 2.